The smallest absolute Gasteiger partial charge is 0.185 e. The Labute approximate surface area is 155 Å². The molecule has 25 heavy (non-hydrogen) atoms. The molecule has 0 saturated heterocycles. The molecule has 0 aliphatic heterocycles. The molecule has 0 radical (unpaired) electrons. The molecule has 0 saturated carbocycles. The Kier molecular flexibility index (Phi) is 4.79. The molecule has 3 rings (SSSR count). The van der Waals surface area contributed by atoms with E-state index in [1.165, 1.54) is 6.33 Å². The van der Waals surface area contributed by atoms with Gasteiger partial charge in [-0.3, -0.25) is 0 Å². The fourth-order valence-electron chi connectivity index (χ4n) is 2.47. The van der Waals surface area contributed by atoms with Gasteiger partial charge in [0.15, 0.2) is 9.84 Å². The summed E-state index contributed by atoms with van der Waals surface area (Å²) < 4.78 is 25.8. The van der Waals surface area contributed by atoms with Crippen LogP contribution in [0.25, 0.3) is 10.9 Å². The van der Waals surface area contributed by atoms with Crippen molar-refractivity contribution in [2.75, 3.05) is 11.9 Å². The molecular formula is C18H18BrN3O2S. The van der Waals surface area contributed by atoms with Gasteiger partial charge in [0.25, 0.3) is 0 Å². The Morgan fingerprint density at radius 3 is 2.44 bits per heavy atom. The van der Waals surface area contributed by atoms with E-state index in [0.717, 1.165) is 15.4 Å². The largest absolute Gasteiger partial charge is 0.368 e. The number of nitrogens with one attached hydrogen (secondary N) is 1. The minimum absolute atomic E-state index is 0.229. The highest BCUT2D eigenvalue weighted by Crippen LogP contribution is 2.28. The molecule has 0 unspecified atom stereocenters. The van der Waals surface area contributed by atoms with Gasteiger partial charge in [-0.2, -0.15) is 0 Å². The quantitative estimate of drug-likeness (QED) is 0.674. The maximum Gasteiger partial charge on any atom is 0.185 e. The second kappa shape index (κ2) is 6.72. The Hall–Kier alpha value is -1.99. The molecule has 0 fully saturated rings. The lowest BCUT2D eigenvalue weighted by molar-refractivity contribution is 0.553. The first kappa shape index (κ1) is 17.8. The van der Waals surface area contributed by atoms with Crippen LogP contribution in [0, 0.1) is 0 Å². The molecule has 0 spiro atoms. The van der Waals surface area contributed by atoms with E-state index in [1.54, 1.807) is 38.1 Å². The van der Waals surface area contributed by atoms with Crippen LogP contribution in [0.4, 0.5) is 5.82 Å². The van der Waals surface area contributed by atoms with E-state index in [4.69, 9.17) is 0 Å². The number of sulfone groups is 1. The predicted octanol–water partition coefficient (Wildman–Crippen LogP) is 4.06. The van der Waals surface area contributed by atoms with Gasteiger partial charge in [-0.1, -0.05) is 28.1 Å². The second-order valence-electron chi connectivity index (χ2n) is 6.31. The summed E-state index contributed by atoms with van der Waals surface area (Å²) in [6.45, 7) is 3.65. The summed E-state index contributed by atoms with van der Waals surface area (Å²) in [6, 6.07) is 14.3. The van der Waals surface area contributed by atoms with E-state index >= 15 is 0 Å². The van der Waals surface area contributed by atoms with Gasteiger partial charge in [0, 0.05) is 16.4 Å². The number of hydrogen-bond donors (Lipinski definition) is 1. The third kappa shape index (κ3) is 3.52. The molecule has 5 nitrogen and oxygen atoms in total. The Bertz CT molecular complexity index is 997. The maximum atomic E-state index is 13.0. The van der Waals surface area contributed by atoms with Gasteiger partial charge < -0.3 is 5.32 Å². The van der Waals surface area contributed by atoms with Crippen molar-refractivity contribution in [3.63, 3.8) is 0 Å². The number of halogens is 1. The van der Waals surface area contributed by atoms with Crippen molar-refractivity contribution in [2.45, 2.75) is 23.5 Å². The number of anilines is 1. The van der Waals surface area contributed by atoms with Crippen LogP contribution >= 0.6 is 15.9 Å². The molecule has 1 aromatic heterocycles. The van der Waals surface area contributed by atoms with Crippen LogP contribution in [-0.2, 0) is 9.84 Å². The molecule has 0 amide bonds. The van der Waals surface area contributed by atoms with Crippen LogP contribution in [0.3, 0.4) is 0 Å². The Balaban J connectivity index is 1.87. The number of para-hydroxylation sites is 1. The van der Waals surface area contributed by atoms with Crippen molar-refractivity contribution in [3.05, 3.63) is 59.3 Å². The zero-order chi connectivity index (χ0) is 18.1. The lowest BCUT2D eigenvalue weighted by atomic mass is 10.2. The highest BCUT2D eigenvalue weighted by molar-refractivity contribution is 9.10. The van der Waals surface area contributed by atoms with Crippen LogP contribution in [0.15, 0.2) is 64.2 Å². The van der Waals surface area contributed by atoms with Crippen molar-refractivity contribution in [1.29, 1.82) is 0 Å². The van der Waals surface area contributed by atoms with E-state index in [9.17, 15) is 8.42 Å². The molecule has 1 heterocycles. The minimum atomic E-state index is -3.51. The van der Waals surface area contributed by atoms with Crippen LogP contribution in [-0.4, -0.2) is 29.7 Å². The fraction of sp³-hybridized carbons (Fsp3) is 0.222. The first-order chi connectivity index (χ1) is 11.8. The molecule has 2 aromatic carbocycles. The Morgan fingerprint density at radius 1 is 1.04 bits per heavy atom. The lowest BCUT2D eigenvalue weighted by Crippen LogP contribution is -2.39. The first-order valence-electron chi connectivity index (χ1n) is 7.75. The molecule has 0 aliphatic rings. The van der Waals surface area contributed by atoms with Crippen molar-refractivity contribution in [2.24, 2.45) is 0 Å². The lowest BCUT2D eigenvalue weighted by Gasteiger charge is -2.25. The SMILES string of the molecule is CC(C)(CNc1ncnc2ccccc12)S(=O)(=O)c1ccc(Br)cc1. The summed E-state index contributed by atoms with van der Waals surface area (Å²) in [6.07, 6.45) is 1.47. The van der Waals surface area contributed by atoms with Gasteiger partial charge >= 0.3 is 0 Å². The number of aromatic nitrogens is 2. The van der Waals surface area contributed by atoms with Crippen molar-refractivity contribution in [1.82, 2.24) is 9.97 Å². The predicted molar refractivity (Wildman–Crippen MR) is 103 cm³/mol. The standard InChI is InChI=1S/C18H18BrN3O2S/c1-18(2,25(23,24)14-9-7-13(19)8-10-14)11-20-17-15-5-3-4-6-16(15)21-12-22-17/h3-10,12H,11H2,1-2H3,(H,20,21,22). The monoisotopic (exact) mass is 419 g/mol. The molecule has 3 aromatic rings. The number of fused-ring (bicyclic) bond motifs is 1. The summed E-state index contributed by atoms with van der Waals surface area (Å²) in [4.78, 5) is 8.77. The van der Waals surface area contributed by atoms with E-state index in [2.05, 4.69) is 31.2 Å². The molecule has 0 bridgehead atoms. The van der Waals surface area contributed by atoms with Crippen LogP contribution in [0.5, 0.6) is 0 Å². The topological polar surface area (TPSA) is 72.0 Å². The minimum Gasteiger partial charge on any atom is -0.368 e. The summed E-state index contributed by atoms with van der Waals surface area (Å²) in [5.41, 5.74) is 0.813. The number of rotatable bonds is 5. The van der Waals surface area contributed by atoms with Crippen molar-refractivity contribution in [3.8, 4) is 0 Å². The molecule has 1 N–H and O–H groups in total. The molecule has 0 atom stereocenters. The van der Waals surface area contributed by atoms with Crippen molar-refractivity contribution < 1.29 is 8.42 Å². The van der Waals surface area contributed by atoms with Crippen LogP contribution in [0.2, 0.25) is 0 Å². The van der Waals surface area contributed by atoms with Crippen LogP contribution in [0.1, 0.15) is 13.8 Å². The number of benzene rings is 2. The molecule has 0 aliphatic carbocycles. The fourth-order valence-corrected chi connectivity index (χ4v) is 4.13. The van der Waals surface area contributed by atoms with Gasteiger partial charge in [0.05, 0.1) is 15.2 Å². The number of nitrogens with zero attached hydrogens (tertiary/aromatic N) is 2. The third-order valence-corrected chi connectivity index (χ3v) is 7.10. The summed E-state index contributed by atoms with van der Waals surface area (Å²) in [5.74, 6) is 0.629. The van der Waals surface area contributed by atoms with Crippen LogP contribution < -0.4 is 5.32 Å². The van der Waals surface area contributed by atoms with E-state index < -0.39 is 14.6 Å². The number of hydrogen-bond acceptors (Lipinski definition) is 5. The molecular weight excluding hydrogens is 402 g/mol. The Morgan fingerprint density at radius 2 is 1.72 bits per heavy atom. The van der Waals surface area contributed by atoms with E-state index in [-0.39, 0.29) is 6.54 Å². The van der Waals surface area contributed by atoms with Crippen molar-refractivity contribution >= 4 is 42.5 Å². The van der Waals surface area contributed by atoms with Gasteiger partial charge in [0.2, 0.25) is 0 Å². The maximum absolute atomic E-state index is 13.0. The summed E-state index contributed by atoms with van der Waals surface area (Å²) in [5, 5.41) is 4.04. The summed E-state index contributed by atoms with van der Waals surface area (Å²) >= 11 is 3.33. The summed E-state index contributed by atoms with van der Waals surface area (Å²) in [7, 11) is -3.51. The van der Waals surface area contributed by atoms with Gasteiger partial charge in [-0.05, 0) is 50.2 Å². The first-order valence-corrected chi connectivity index (χ1v) is 10.0. The average molecular weight is 420 g/mol. The van der Waals surface area contributed by atoms with Gasteiger partial charge in [-0.15, -0.1) is 0 Å². The van der Waals surface area contributed by atoms with E-state index in [0.29, 0.717) is 10.7 Å². The normalized spacial score (nSPS) is 12.3. The zero-order valence-electron chi connectivity index (χ0n) is 13.9. The van der Waals surface area contributed by atoms with Gasteiger partial charge in [-0.25, -0.2) is 18.4 Å². The third-order valence-electron chi connectivity index (χ3n) is 4.08. The average Bonchev–Trinajstić information content (AvgIpc) is 2.60. The second-order valence-corrected chi connectivity index (χ2v) is 9.81. The van der Waals surface area contributed by atoms with E-state index in [1.807, 2.05) is 24.3 Å². The highest BCUT2D eigenvalue weighted by atomic mass is 79.9. The molecule has 7 heteroatoms. The zero-order valence-corrected chi connectivity index (χ0v) is 16.3. The molecule has 130 valence electrons. The highest BCUT2D eigenvalue weighted by Gasteiger charge is 2.35. The van der Waals surface area contributed by atoms with Gasteiger partial charge in [0.1, 0.15) is 12.1 Å².